The molecule has 1 fully saturated rings. The molecule has 0 spiro atoms. The fraction of sp³-hybridized carbons (Fsp3) is 0.250. The molecule has 0 radical (unpaired) electrons. The van der Waals surface area contributed by atoms with E-state index in [0.717, 1.165) is 18.4 Å². The van der Waals surface area contributed by atoms with E-state index in [-0.39, 0.29) is 41.6 Å². The molecule has 7 rings (SSSR count). The number of nitrogens with zero attached hydrogens (tertiary/aromatic N) is 3. The Morgan fingerprint density at radius 1 is 0.821 bits per heavy atom. The number of benzene rings is 3. The molecule has 3 aromatic carbocycles. The largest absolute Gasteiger partial charge is 0.482 e. The Balaban J connectivity index is 1.43. The zero-order valence-corrected chi connectivity index (χ0v) is 21.5. The van der Waals surface area contributed by atoms with Gasteiger partial charge in [0.2, 0.25) is 5.43 Å². The third-order valence-electron chi connectivity index (χ3n) is 8.01. The van der Waals surface area contributed by atoms with Crippen molar-refractivity contribution in [2.75, 3.05) is 24.8 Å². The summed E-state index contributed by atoms with van der Waals surface area (Å²) in [5, 5.41) is 2.22. The topological polar surface area (TPSA) is 64.0 Å². The lowest BCUT2D eigenvalue weighted by Crippen LogP contribution is -2.66. The highest BCUT2D eigenvalue weighted by atomic mass is 16.5. The van der Waals surface area contributed by atoms with Crippen molar-refractivity contribution in [1.82, 2.24) is 9.58 Å². The van der Waals surface area contributed by atoms with Gasteiger partial charge in [0, 0.05) is 18.8 Å². The number of aryl methyl sites for hydroxylation is 2. The van der Waals surface area contributed by atoms with Crippen LogP contribution in [0.5, 0.6) is 5.75 Å². The summed E-state index contributed by atoms with van der Waals surface area (Å²) in [4.78, 5) is 29.1. The van der Waals surface area contributed by atoms with Crippen LogP contribution in [-0.2, 0) is 24.2 Å². The van der Waals surface area contributed by atoms with Crippen LogP contribution in [0.2, 0.25) is 0 Å². The fourth-order valence-corrected chi connectivity index (χ4v) is 6.17. The minimum Gasteiger partial charge on any atom is -0.482 e. The summed E-state index contributed by atoms with van der Waals surface area (Å²) in [7, 11) is 0. The van der Waals surface area contributed by atoms with Crippen LogP contribution in [0.3, 0.4) is 0 Å². The number of hydrogen-bond donors (Lipinski definition) is 0. The Labute approximate surface area is 226 Å². The summed E-state index contributed by atoms with van der Waals surface area (Å²) in [5.41, 5.74) is 5.83. The summed E-state index contributed by atoms with van der Waals surface area (Å²) in [6, 6.07) is 28.1. The highest BCUT2D eigenvalue weighted by Crippen LogP contribution is 2.40. The Bertz CT molecular complexity index is 1550. The van der Waals surface area contributed by atoms with Crippen LogP contribution in [0, 0.1) is 0 Å². The van der Waals surface area contributed by atoms with Crippen molar-refractivity contribution in [3.8, 4) is 5.75 Å². The first-order valence-corrected chi connectivity index (χ1v) is 13.5. The number of amides is 1. The zero-order valence-electron chi connectivity index (χ0n) is 21.5. The lowest BCUT2D eigenvalue weighted by molar-refractivity contribution is -0.0198. The Kier molecular flexibility index (Phi) is 5.93. The van der Waals surface area contributed by atoms with Crippen LogP contribution in [-0.4, -0.2) is 41.4 Å². The van der Waals surface area contributed by atoms with Gasteiger partial charge < -0.3 is 14.4 Å². The Morgan fingerprint density at radius 3 is 2.21 bits per heavy atom. The molecular weight excluding hydrogens is 490 g/mol. The van der Waals surface area contributed by atoms with Gasteiger partial charge >= 0.3 is 0 Å². The maximum absolute atomic E-state index is 14.0. The van der Waals surface area contributed by atoms with Crippen molar-refractivity contribution < 1.29 is 14.3 Å². The van der Waals surface area contributed by atoms with Crippen LogP contribution in [0.15, 0.2) is 95.9 Å². The molecule has 1 aliphatic carbocycles. The van der Waals surface area contributed by atoms with Crippen molar-refractivity contribution >= 4 is 5.91 Å². The molecule has 0 saturated carbocycles. The first-order chi connectivity index (χ1) is 19.2. The summed E-state index contributed by atoms with van der Waals surface area (Å²) in [6.45, 7) is 1.46. The van der Waals surface area contributed by atoms with E-state index in [2.05, 4.69) is 53.5 Å². The number of fused-ring (bicyclic) bond motifs is 4. The predicted octanol–water partition coefficient (Wildman–Crippen LogP) is 4.07. The fourth-order valence-electron chi connectivity index (χ4n) is 6.17. The number of carbonyl (C=O) groups excluding carboxylic acids is 1. The molecule has 1 atom stereocenters. The first-order valence-electron chi connectivity index (χ1n) is 13.5. The maximum Gasteiger partial charge on any atom is 0.278 e. The molecule has 2 aliphatic heterocycles. The molecule has 39 heavy (non-hydrogen) atoms. The highest BCUT2D eigenvalue weighted by molar-refractivity contribution is 5.96. The zero-order chi connectivity index (χ0) is 26.3. The van der Waals surface area contributed by atoms with E-state index in [1.54, 1.807) is 6.20 Å². The van der Waals surface area contributed by atoms with Gasteiger partial charge in [-0.3, -0.25) is 19.3 Å². The third-order valence-corrected chi connectivity index (χ3v) is 8.01. The molecule has 3 heterocycles. The number of hydrogen-bond acceptors (Lipinski definition) is 5. The normalized spacial score (nSPS) is 18.5. The van der Waals surface area contributed by atoms with Gasteiger partial charge in [-0.15, -0.1) is 0 Å². The van der Waals surface area contributed by atoms with E-state index >= 15 is 0 Å². The van der Waals surface area contributed by atoms with E-state index < -0.39 is 0 Å². The molecule has 196 valence electrons. The van der Waals surface area contributed by atoms with Gasteiger partial charge in [0.1, 0.15) is 12.8 Å². The molecule has 1 amide bonds. The monoisotopic (exact) mass is 519 g/mol. The number of ether oxygens (including phenoxy) is 2. The van der Waals surface area contributed by atoms with Crippen molar-refractivity contribution in [2.24, 2.45) is 0 Å². The van der Waals surface area contributed by atoms with Crippen LogP contribution in [0.1, 0.15) is 44.3 Å². The second-order valence-corrected chi connectivity index (χ2v) is 10.2. The minimum atomic E-state index is -0.340. The molecular formula is C32H29N3O4. The molecule has 7 heteroatoms. The smallest absolute Gasteiger partial charge is 0.278 e. The van der Waals surface area contributed by atoms with Crippen molar-refractivity contribution in [3.63, 3.8) is 0 Å². The van der Waals surface area contributed by atoms with Gasteiger partial charge in [-0.25, -0.2) is 0 Å². The summed E-state index contributed by atoms with van der Waals surface area (Å²) >= 11 is 0. The van der Waals surface area contributed by atoms with Gasteiger partial charge in [0.15, 0.2) is 11.4 Å². The summed E-state index contributed by atoms with van der Waals surface area (Å²) in [6.07, 6.45) is 3.24. The number of morpholine rings is 1. The summed E-state index contributed by atoms with van der Waals surface area (Å²) in [5.74, 6) is -0.132. The number of pyridine rings is 1. The maximum atomic E-state index is 14.0. The van der Waals surface area contributed by atoms with Gasteiger partial charge in [-0.05, 0) is 40.7 Å². The number of carbonyl (C=O) groups is 1. The minimum absolute atomic E-state index is 0.0801. The van der Waals surface area contributed by atoms with Crippen LogP contribution < -0.4 is 15.2 Å². The van der Waals surface area contributed by atoms with E-state index in [9.17, 15) is 9.59 Å². The van der Waals surface area contributed by atoms with Crippen molar-refractivity contribution in [2.45, 2.75) is 31.7 Å². The highest BCUT2D eigenvalue weighted by Gasteiger charge is 2.45. The SMILES string of the molecule is O=C1c2c(OCc3ccccc3)c(=O)ccn2N(C2c3ccccc3CCc3ccccc32)[C@@H]2COCCN12. The van der Waals surface area contributed by atoms with Gasteiger partial charge in [-0.1, -0.05) is 78.9 Å². The number of rotatable bonds is 4. The van der Waals surface area contributed by atoms with Crippen molar-refractivity contribution in [1.29, 1.82) is 0 Å². The van der Waals surface area contributed by atoms with Crippen LogP contribution in [0.4, 0.5) is 0 Å². The standard InChI is InChI=1S/C32H29N3O4/c36-27-16-17-34-30(31(27)39-20-22-8-2-1-3-9-22)32(37)33-18-19-38-21-28(33)35(34)29-25-12-6-4-10-23(25)14-15-24-11-5-7-13-26(24)29/h1-13,16-17,28-29H,14-15,18-21H2/t28-/m1/s1. The van der Waals surface area contributed by atoms with Crippen molar-refractivity contribution in [3.05, 3.63) is 135 Å². The third kappa shape index (κ3) is 4.01. The average Bonchev–Trinajstić information content (AvgIpc) is 3.15. The van der Waals surface area contributed by atoms with Gasteiger partial charge in [0.25, 0.3) is 5.91 Å². The molecule has 4 aromatic rings. The molecule has 7 nitrogen and oxygen atoms in total. The predicted molar refractivity (Wildman–Crippen MR) is 147 cm³/mol. The second kappa shape index (κ2) is 9.75. The van der Waals surface area contributed by atoms with Gasteiger partial charge in [-0.2, -0.15) is 0 Å². The van der Waals surface area contributed by atoms with Gasteiger partial charge in [0.05, 0.1) is 19.3 Å². The Morgan fingerprint density at radius 2 is 1.49 bits per heavy atom. The first kappa shape index (κ1) is 23.7. The van der Waals surface area contributed by atoms with Crippen LogP contribution in [0.25, 0.3) is 0 Å². The average molecular weight is 520 g/mol. The Hall–Kier alpha value is -4.36. The number of aromatic nitrogens is 1. The molecule has 0 bridgehead atoms. The van der Waals surface area contributed by atoms with E-state index in [4.69, 9.17) is 9.47 Å². The molecule has 0 N–H and O–H groups in total. The lowest BCUT2D eigenvalue weighted by atomic mass is 9.93. The molecule has 3 aliphatic rings. The van der Waals surface area contributed by atoms with E-state index in [1.165, 1.54) is 28.3 Å². The van der Waals surface area contributed by atoms with Crippen LogP contribution >= 0.6 is 0 Å². The second-order valence-electron chi connectivity index (χ2n) is 10.2. The van der Waals surface area contributed by atoms with E-state index in [0.29, 0.717) is 19.8 Å². The molecule has 1 saturated heterocycles. The molecule has 1 aromatic heterocycles. The lowest BCUT2D eigenvalue weighted by Gasteiger charge is -2.51. The summed E-state index contributed by atoms with van der Waals surface area (Å²) < 4.78 is 13.9. The molecule has 0 unspecified atom stereocenters. The van der Waals surface area contributed by atoms with E-state index in [1.807, 2.05) is 39.9 Å². The quantitative estimate of drug-likeness (QED) is 0.407.